The molecule has 1 aliphatic rings. The molecule has 1 heterocycles. The molecular formula is C14H20N2O2. The molecule has 98 valence electrons. The minimum Gasteiger partial charge on any atom is -0.399 e. The number of nitrogens with two attached hydrogens (primary N) is 1. The van der Waals surface area contributed by atoms with Crippen LogP contribution in [0, 0.1) is 6.92 Å². The molecule has 1 unspecified atom stereocenters. The topological polar surface area (TPSA) is 66.6 Å². The largest absolute Gasteiger partial charge is 0.399 e. The fourth-order valence-corrected chi connectivity index (χ4v) is 2.43. The van der Waals surface area contributed by atoms with Gasteiger partial charge in [0.2, 0.25) is 0 Å². The second-order valence-corrected chi connectivity index (χ2v) is 4.90. The zero-order valence-electron chi connectivity index (χ0n) is 10.7. The van der Waals surface area contributed by atoms with E-state index < -0.39 is 0 Å². The number of hydrogen-bond acceptors (Lipinski definition) is 3. The van der Waals surface area contributed by atoms with Crippen molar-refractivity contribution in [3.05, 3.63) is 29.3 Å². The lowest BCUT2D eigenvalue weighted by molar-refractivity contribution is 0.0503. The highest BCUT2D eigenvalue weighted by Crippen LogP contribution is 2.21. The molecule has 1 aliphatic heterocycles. The Balaban J connectivity index is 2.21. The van der Waals surface area contributed by atoms with E-state index in [4.69, 9.17) is 5.73 Å². The molecule has 0 saturated carbocycles. The highest BCUT2D eigenvalue weighted by molar-refractivity contribution is 5.95. The number of rotatable bonds is 2. The third kappa shape index (κ3) is 2.48. The number of likely N-dealkylation sites (tertiary alicyclic amines) is 1. The van der Waals surface area contributed by atoms with Crippen LogP contribution in [0.15, 0.2) is 18.2 Å². The van der Waals surface area contributed by atoms with Crippen molar-refractivity contribution >= 4 is 11.6 Å². The van der Waals surface area contributed by atoms with Crippen molar-refractivity contribution in [2.45, 2.75) is 32.2 Å². The number of anilines is 1. The number of aryl methyl sites for hydroxylation is 1. The second-order valence-electron chi connectivity index (χ2n) is 4.90. The van der Waals surface area contributed by atoms with Crippen molar-refractivity contribution in [2.75, 3.05) is 18.9 Å². The lowest BCUT2D eigenvalue weighted by atomic mass is 10.0. The molecule has 2 rings (SSSR count). The Hall–Kier alpha value is -1.55. The number of hydrogen-bond donors (Lipinski definition) is 2. The molecule has 0 bridgehead atoms. The lowest BCUT2D eigenvalue weighted by Crippen LogP contribution is -2.45. The van der Waals surface area contributed by atoms with Crippen molar-refractivity contribution in [2.24, 2.45) is 0 Å². The van der Waals surface area contributed by atoms with Gasteiger partial charge in [-0.05, 0) is 49.9 Å². The van der Waals surface area contributed by atoms with Crippen LogP contribution in [0.25, 0.3) is 0 Å². The van der Waals surface area contributed by atoms with Crippen LogP contribution in [-0.4, -0.2) is 35.1 Å². The summed E-state index contributed by atoms with van der Waals surface area (Å²) < 4.78 is 0. The van der Waals surface area contributed by atoms with Gasteiger partial charge in [-0.2, -0.15) is 0 Å². The average Bonchev–Trinajstić information content (AvgIpc) is 2.41. The molecule has 0 aromatic heterocycles. The Morgan fingerprint density at radius 1 is 1.50 bits per heavy atom. The number of aliphatic hydroxyl groups is 1. The van der Waals surface area contributed by atoms with Gasteiger partial charge >= 0.3 is 0 Å². The van der Waals surface area contributed by atoms with Crippen molar-refractivity contribution in [1.82, 2.24) is 4.90 Å². The number of carbonyl (C=O) groups is 1. The number of nitrogens with zero attached hydrogens (tertiary/aromatic N) is 1. The molecule has 1 fully saturated rings. The van der Waals surface area contributed by atoms with Gasteiger partial charge in [-0.25, -0.2) is 0 Å². The van der Waals surface area contributed by atoms with Gasteiger partial charge in [-0.1, -0.05) is 0 Å². The summed E-state index contributed by atoms with van der Waals surface area (Å²) >= 11 is 0. The van der Waals surface area contributed by atoms with E-state index in [1.165, 1.54) is 0 Å². The maximum absolute atomic E-state index is 12.4. The van der Waals surface area contributed by atoms with E-state index in [2.05, 4.69) is 0 Å². The van der Waals surface area contributed by atoms with Crippen LogP contribution in [0.1, 0.15) is 35.2 Å². The number of carbonyl (C=O) groups excluding carboxylic acids is 1. The fraction of sp³-hybridized carbons (Fsp3) is 0.500. The number of nitrogen functional groups attached to an aromatic ring is 1. The monoisotopic (exact) mass is 248 g/mol. The molecule has 1 aromatic rings. The van der Waals surface area contributed by atoms with E-state index in [1.54, 1.807) is 17.0 Å². The van der Waals surface area contributed by atoms with Gasteiger partial charge in [0.25, 0.3) is 5.91 Å². The highest BCUT2D eigenvalue weighted by atomic mass is 16.3. The van der Waals surface area contributed by atoms with E-state index in [-0.39, 0.29) is 18.6 Å². The summed E-state index contributed by atoms with van der Waals surface area (Å²) in [7, 11) is 0. The summed E-state index contributed by atoms with van der Waals surface area (Å²) in [6.45, 7) is 2.67. The SMILES string of the molecule is Cc1cc(C(=O)N2CCCCC2CO)ccc1N. The predicted molar refractivity (Wildman–Crippen MR) is 71.4 cm³/mol. The number of benzene rings is 1. The maximum Gasteiger partial charge on any atom is 0.254 e. The summed E-state index contributed by atoms with van der Waals surface area (Å²) in [6, 6.07) is 5.30. The van der Waals surface area contributed by atoms with Crippen molar-refractivity contribution in [3.8, 4) is 0 Å². The highest BCUT2D eigenvalue weighted by Gasteiger charge is 2.26. The van der Waals surface area contributed by atoms with Crippen LogP contribution >= 0.6 is 0 Å². The van der Waals surface area contributed by atoms with Crippen molar-refractivity contribution in [1.29, 1.82) is 0 Å². The first kappa shape index (κ1) is 12.9. The summed E-state index contributed by atoms with van der Waals surface area (Å²) in [4.78, 5) is 14.2. The van der Waals surface area contributed by atoms with Crippen molar-refractivity contribution in [3.63, 3.8) is 0 Å². The summed E-state index contributed by atoms with van der Waals surface area (Å²) in [6.07, 6.45) is 2.97. The maximum atomic E-state index is 12.4. The van der Waals surface area contributed by atoms with Gasteiger partial charge < -0.3 is 15.7 Å². The summed E-state index contributed by atoms with van der Waals surface area (Å²) in [5.74, 6) is -0.00292. The van der Waals surface area contributed by atoms with Crippen LogP contribution in [-0.2, 0) is 0 Å². The molecule has 1 amide bonds. The Morgan fingerprint density at radius 2 is 2.28 bits per heavy atom. The smallest absolute Gasteiger partial charge is 0.254 e. The molecule has 18 heavy (non-hydrogen) atoms. The van der Waals surface area contributed by atoms with Gasteiger partial charge in [0.05, 0.1) is 12.6 Å². The molecule has 1 aromatic carbocycles. The van der Waals surface area contributed by atoms with E-state index in [1.807, 2.05) is 13.0 Å². The lowest BCUT2D eigenvalue weighted by Gasteiger charge is -2.34. The van der Waals surface area contributed by atoms with Crippen LogP contribution in [0.4, 0.5) is 5.69 Å². The van der Waals surface area contributed by atoms with Gasteiger partial charge in [0, 0.05) is 17.8 Å². The molecule has 0 spiro atoms. The van der Waals surface area contributed by atoms with Crippen molar-refractivity contribution < 1.29 is 9.90 Å². The zero-order valence-corrected chi connectivity index (χ0v) is 10.7. The molecule has 1 saturated heterocycles. The molecule has 4 nitrogen and oxygen atoms in total. The van der Waals surface area contributed by atoms with Crippen LogP contribution in [0.2, 0.25) is 0 Å². The third-order valence-corrected chi connectivity index (χ3v) is 3.62. The Labute approximate surface area is 107 Å². The Morgan fingerprint density at radius 3 is 2.94 bits per heavy atom. The molecule has 4 heteroatoms. The normalized spacial score (nSPS) is 19.9. The first-order valence-electron chi connectivity index (χ1n) is 6.41. The Bertz CT molecular complexity index is 445. The second kappa shape index (κ2) is 5.40. The van der Waals surface area contributed by atoms with Crippen LogP contribution in [0.3, 0.4) is 0 Å². The minimum atomic E-state index is -0.0379. The quantitative estimate of drug-likeness (QED) is 0.781. The molecule has 1 atom stereocenters. The van der Waals surface area contributed by atoms with Gasteiger partial charge in [0.15, 0.2) is 0 Å². The number of aliphatic hydroxyl groups excluding tert-OH is 1. The molecule has 0 aliphatic carbocycles. The molecular weight excluding hydrogens is 228 g/mol. The fourth-order valence-electron chi connectivity index (χ4n) is 2.43. The summed E-state index contributed by atoms with van der Waals surface area (Å²) in [5, 5.41) is 9.34. The Kier molecular flexibility index (Phi) is 3.87. The van der Waals surface area contributed by atoms with E-state index >= 15 is 0 Å². The predicted octanol–water partition coefficient (Wildman–Crippen LogP) is 1.56. The first-order valence-corrected chi connectivity index (χ1v) is 6.41. The standard InChI is InChI=1S/C14H20N2O2/c1-10-8-11(5-6-13(10)15)14(18)16-7-3-2-4-12(16)9-17/h5-6,8,12,17H,2-4,7,9,15H2,1H3. The first-order chi connectivity index (χ1) is 8.63. The summed E-state index contributed by atoms with van der Waals surface area (Å²) in [5.41, 5.74) is 8.02. The van der Waals surface area contributed by atoms with Gasteiger partial charge in [0.1, 0.15) is 0 Å². The molecule has 0 radical (unpaired) electrons. The number of amides is 1. The minimum absolute atomic E-state index is 0.00292. The number of piperidine rings is 1. The zero-order chi connectivity index (χ0) is 13.1. The van der Waals surface area contributed by atoms with Gasteiger partial charge in [-0.3, -0.25) is 4.79 Å². The molecule has 3 N–H and O–H groups in total. The van der Waals surface area contributed by atoms with Crippen LogP contribution in [0.5, 0.6) is 0 Å². The van der Waals surface area contributed by atoms with Gasteiger partial charge in [-0.15, -0.1) is 0 Å². The van der Waals surface area contributed by atoms with Crippen LogP contribution < -0.4 is 5.73 Å². The van der Waals surface area contributed by atoms with E-state index in [0.717, 1.165) is 31.4 Å². The van der Waals surface area contributed by atoms with E-state index in [9.17, 15) is 9.90 Å². The van der Waals surface area contributed by atoms with E-state index in [0.29, 0.717) is 11.3 Å². The third-order valence-electron chi connectivity index (χ3n) is 3.62. The average molecular weight is 248 g/mol.